The van der Waals surface area contributed by atoms with Crippen LogP contribution in [0.25, 0.3) is 16.8 Å². The van der Waals surface area contributed by atoms with Crippen LogP contribution in [0, 0.1) is 6.92 Å². The van der Waals surface area contributed by atoms with E-state index in [2.05, 4.69) is 10.4 Å². The minimum atomic E-state index is -0.334. The van der Waals surface area contributed by atoms with Crippen molar-refractivity contribution in [1.82, 2.24) is 9.78 Å². The Morgan fingerprint density at radius 1 is 1.10 bits per heavy atom. The first kappa shape index (κ1) is 20.8. The second-order valence-corrected chi connectivity index (χ2v) is 8.04. The predicted octanol–water partition coefficient (Wildman–Crippen LogP) is 5.18. The first-order valence-electron chi connectivity index (χ1n) is 9.37. The van der Waals surface area contributed by atoms with Crippen molar-refractivity contribution in [3.8, 4) is 22.6 Å². The Morgan fingerprint density at radius 3 is 2.52 bits per heavy atom. The number of ether oxygens (including phenoxy) is 1. The maximum Gasteiger partial charge on any atom is 0.266 e. The fraction of sp³-hybridized carbons (Fsp3) is 0.0870. The zero-order chi connectivity index (χ0) is 22.0. The van der Waals surface area contributed by atoms with Gasteiger partial charge < -0.3 is 10.1 Å². The summed E-state index contributed by atoms with van der Waals surface area (Å²) in [6, 6.07) is 17.7. The van der Waals surface area contributed by atoms with Crippen molar-refractivity contribution in [2.75, 3.05) is 12.4 Å². The summed E-state index contributed by atoms with van der Waals surface area (Å²) >= 11 is 7.36. The minimum Gasteiger partial charge on any atom is -0.496 e. The normalized spacial score (nSPS) is 10.7. The van der Waals surface area contributed by atoms with E-state index in [-0.39, 0.29) is 22.8 Å². The van der Waals surface area contributed by atoms with Gasteiger partial charge in [-0.3, -0.25) is 9.59 Å². The number of halogens is 1. The molecule has 156 valence electrons. The molecule has 0 radical (unpaired) electrons. The monoisotopic (exact) mass is 451 g/mol. The van der Waals surface area contributed by atoms with E-state index in [1.165, 1.54) is 18.4 Å². The van der Waals surface area contributed by atoms with Crippen LogP contribution in [0.5, 0.6) is 5.75 Å². The molecule has 0 unspecified atom stereocenters. The Labute approximate surface area is 187 Å². The minimum absolute atomic E-state index is 0.251. The number of nitrogens with zero attached hydrogens (tertiary/aromatic N) is 2. The Morgan fingerprint density at radius 2 is 1.84 bits per heavy atom. The Kier molecular flexibility index (Phi) is 5.88. The number of aromatic nitrogens is 2. The maximum absolute atomic E-state index is 13.3. The molecule has 0 atom stereocenters. The SMILES string of the molecule is COc1ccccc1-c1c(NC(=O)c2cccs2)n(-c2ccc(Cl)cc2)nc(C)c1=O. The molecule has 0 saturated heterocycles. The van der Waals surface area contributed by atoms with Crippen LogP contribution in [0.4, 0.5) is 5.82 Å². The number of hydrogen-bond acceptors (Lipinski definition) is 5. The van der Waals surface area contributed by atoms with Crippen LogP contribution >= 0.6 is 22.9 Å². The lowest BCUT2D eigenvalue weighted by atomic mass is 10.0. The number of thiophene rings is 1. The quantitative estimate of drug-likeness (QED) is 0.453. The van der Waals surface area contributed by atoms with Crippen molar-refractivity contribution in [1.29, 1.82) is 0 Å². The molecule has 1 amide bonds. The summed E-state index contributed by atoms with van der Waals surface area (Å²) in [6.45, 7) is 1.64. The van der Waals surface area contributed by atoms with Gasteiger partial charge in [-0.25, -0.2) is 4.68 Å². The van der Waals surface area contributed by atoms with Crippen LogP contribution in [0.15, 0.2) is 70.8 Å². The lowest BCUT2D eigenvalue weighted by Gasteiger charge is -2.19. The molecule has 2 aromatic heterocycles. The summed E-state index contributed by atoms with van der Waals surface area (Å²) in [5.41, 5.74) is 1.49. The van der Waals surface area contributed by atoms with Gasteiger partial charge in [0.2, 0.25) is 5.43 Å². The van der Waals surface area contributed by atoms with E-state index >= 15 is 0 Å². The summed E-state index contributed by atoms with van der Waals surface area (Å²) in [7, 11) is 1.54. The molecular formula is C23H18ClN3O3S. The number of anilines is 1. The van der Waals surface area contributed by atoms with Crippen LogP contribution in [-0.2, 0) is 0 Å². The van der Waals surface area contributed by atoms with E-state index in [9.17, 15) is 9.59 Å². The third-order valence-corrected chi connectivity index (χ3v) is 5.80. The van der Waals surface area contributed by atoms with Crippen LogP contribution in [-0.4, -0.2) is 22.8 Å². The van der Waals surface area contributed by atoms with E-state index in [0.717, 1.165) is 0 Å². The van der Waals surface area contributed by atoms with Gasteiger partial charge in [0.1, 0.15) is 17.3 Å². The van der Waals surface area contributed by atoms with E-state index in [0.29, 0.717) is 32.5 Å². The molecule has 8 heteroatoms. The predicted molar refractivity (Wildman–Crippen MR) is 124 cm³/mol. The fourth-order valence-electron chi connectivity index (χ4n) is 3.20. The van der Waals surface area contributed by atoms with Crippen molar-refractivity contribution in [2.24, 2.45) is 0 Å². The van der Waals surface area contributed by atoms with Gasteiger partial charge in [0, 0.05) is 10.6 Å². The molecule has 0 aliphatic rings. The van der Waals surface area contributed by atoms with Crippen molar-refractivity contribution in [3.05, 3.63) is 91.9 Å². The van der Waals surface area contributed by atoms with Gasteiger partial charge in [-0.1, -0.05) is 35.9 Å². The Hall–Kier alpha value is -3.42. The molecule has 2 heterocycles. The van der Waals surface area contributed by atoms with Gasteiger partial charge in [0.15, 0.2) is 0 Å². The standard InChI is InChI=1S/C23H18ClN3O3S/c1-14-21(28)20(17-6-3-4-7-18(17)30-2)22(25-23(29)19-8-5-13-31-19)27(26-14)16-11-9-15(24)10-12-16/h3-13H,1-2H3,(H,25,29). The van der Waals surface area contributed by atoms with E-state index in [1.807, 2.05) is 17.5 Å². The molecule has 1 N–H and O–H groups in total. The zero-order valence-corrected chi connectivity index (χ0v) is 18.3. The summed E-state index contributed by atoms with van der Waals surface area (Å²) in [6.07, 6.45) is 0. The highest BCUT2D eigenvalue weighted by atomic mass is 35.5. The number of benzene rings is 2. The first-order chi connectivity index (χ1) is 15.0. The van der Waals surface area contributed by atoms with Crippen molar-refractivity contribution in [2.45, 2.75) is 6.92 Å². The van der Waals surface area contributed by atoms with E-state index in [1.54, 1.807) is 60.1 Å². The number of carbonyl (C=O) groups excluding carboxylic acids is 1. The van der Waals surface area contributed by atoms with Crippen LogP contribution < -0.4 is 15.5 Å². The van der Waals surface area contributed by atoms with Crippen LogP contribution in [0.3, 0.4) is 0 Å². The van der Waals surface area contributed by atoms with Gasteiger partial charge in [-0.05, 0) is 48.7 Å². The average molecular weight is 452 g/mol. The highest BCUT2D eigenvalue weighted by Crippen LogP contribution is 2.34. The Bertz CT molecular complexity index is 1300. The third kappa shape index (κ3) is 4.10. The molecule has 0 bridgehead atoms. The molecule has 2 aromatic carbocycles. The zero-order valence-electron chi connectivity index (χ0n) is 16.8. The highest BCUT2D eigenvalue weighted by molar-refractivity contribution is 7.12. The van der Waals surface area contributed by atoms with Gasteiger partial charge in [0.05, 0.1) is 23.2 Å². The van der Waals surface area contributed by atoms with Gasteiger partial charge in [-0.2, -0.15) is 5.10 Å². The molecule has 0 spiro atoms. The van der Waals surface area contributed by atoms with Crippen molar-refractivity contribution in [3.63, 3.8) is 0 Å². The van der Waals surface area contributed by atoms with Crippen LogP contribution in [0.2, 0.25) is 5.02 Å². The summed E-state index contributed by atoms with van der Waals surface area (Å²) in [4.78, 5) is 26.7. The first-order valence-corrected chi connectivity index (χ1v) is 10.6. The summed E-state index contributed by atoms with van der Waals surface area (Å²) in [5, 5.41) is 9.73. The molecule has 0 saturated carbocycles. The van der Waals surface area contributed by atoms with E-state index in [4.69, 9.17) is 16.3 Å². The third-order valence-electron chi connectivity index (χ3n) is 4.68. The number of para-hydroxylation sites is 1. The van der Waals surface area contributed by atoms with E-state index < -0.39 is 0 Å². The number of amides is 1. The molecule has 0 aliphatic carbocycles. The Balaban J connectivity index is 2.01. The molecular weight excluding hydrogens is 434 g/mol. The van der Waals surface area contributed by atoms with Crippen molar-refractivity contribution >= 4 is 34.7 Å². The molecule has 0 aliphatic heterocycles. The summed E-state index contributed by atoms with van der Waals surface area (Å²) in [5.74, 6) is 0.430. The van der Waals surface area contributed by atoms with Gasteiger partial charge in [-0.15, -0.1) is 11.3 Å². The average Bonchev–Trinajstić information content (AvgIpc) is 3.32. The van der Waals surface area contributed by atoms with Crippen LogP contribution in [0.1, 0.15) is 15.4 Å². The summed E-state index contributed by atoms with van der Waals surface area (Å²) < 4.78 is 7.03. The number of aryl methyl sites for hydroxylation is 1. The second kappa shape index (κ2) is 8.75. The smallest absolute Gasteiger partial charge is 0.266 e. The largest absolute Gasteiger partial charge is 0.496 e. The lowest BCUT2D eigenvalue weighted by molar-refractivity contribution is 0.102. The molecule has 4 rings (SSSR count). The number of rotatable bonds is 5. The molecule has 6 nitrogen and oxygen atoms in total. The van der Waals surface area contributed by atoms with Gasteiger partial charge >= 0.3 is 0 Å². The maximum atomic E-state index is 13.3. The topological polar surface area (TPSA) is 73.2 Å². The fourth-order valence-corrected chi connectivity index (χ4v) is 3.95. The van der Waals surface area contributed by atoms with Crippen molar-refractivity contribution < 1.29 is 9.53 Å². The number of carbonyl (C=O) groups is 1. The molecule has 31 heavy (non-hydrogen) atoms. The number of hydrogen-bond donors (Lipinski definition) is 1. The second-order valence-electron chi connectivity index (χ2n) is 6.66. The molecule has 4 aromatic rings. The highest BCUT2D eigenvalue weighted by Gasteiger charge is 2.23. The number of nitrogens with one attached hydrogen (secondary N) is 1. The number of methoxy groups -OCH3 is 1. The molecule has 0 fully saturated rings. The lowest BCUT2D eigenvalue weighted by Crippen LogP contribution is -2.24. The van der Waals surface area contributed by atoms with Gasteiger partial charge in [0.25, 0.3) is 5.91 Å².